The number of para-hydroxylation sites is 1. The molecule has 0 aliphatic carbocycles. The number of hydrogen-bond acceptors (Lipinski definition) is 4. The lowest BCUT2D eigenvalue weighted by molar-refractivity contribution is -0.129. The SMILES string of the molecule is CCN(CC)C(=O)CN(c1ccccc1)S(=O)(=O)c1cc(C)ccc1OC. The Balaban J connectivity index is 2.56. The quantitative estimate of drug-likeness (QED) is 0.695. The van der Waals surface area contributed by atoms with Crippen molar-refractivity contribution in [2.75, 3.05) is 31.0 Å². The summed E-state index contributed by atoms with van der Waals surface area (Å²) >= 11 is 0. The minimum Gasteiger partial charge on any atom is -0.495 e. The van der Waals surface area contributed by atoms with Crippen molar-refractivity contribution in [1.29, 1.82) is 0 Å². The van der Waals surface area contributed by atoms with E-state index in [2.05, 4.69) is 0 Å². The predicted octanol–water partition coefficient (Wildman–Crippen LogP) is 3.07. The molecule has 146 valence electrons. The Morgan fingerprint density at radius 3 is 2.22 bits per heavy atom. The number of anilines is 1. The Morgan fingerprint density at radius 1 is 1.04 bits per heavy atom. The molecular formula is C20H26N2O4S. The summed E-state index contributed by atoms with van der Waals surface area (Å²) in [5.41, 5.74) is 1.22. The van der Waals surface area contributed by atoms with Crippen molar-refractivity contribution in [3.05, 3.63) is 54.1 Å². The van der Waals surface area contributed by atoms with Crippen LogP contribution < -0.4 is 9.04 Å². The number of benzene rings is 2. The maximum Gasteiger partial charge on any atom is 0.268 e. The predicted molar refractivity (Wildman–Crippen MR) is 107 cm³/mol. The zero-order valence-electron chi connectivity index (χ0n) is 16.2. The van der Waals surface area contributed by atoms with E-state index in [9.17, 15) is 13.2 Å². The van der Waals surface area contributed by atoms with Gasteiger partial charge in [0.1, 0.15) is 17.2 Å². The maximum absolute atomic E-state index is 13.5. The van der Waals surface area contributed by atoms with Gasteiger partial charge in [-0.15, -0.1) is 0 Å². The molecule has 0 aromatic heterocycles. The molecule has 0 unspecified atom stereocenters. The number of ether oxygens (including phenoxy) is 1. The standard InChI is InChI=1S/C20H26N2O4S/c1-5-21(6-2)20(23)15-22(17-10-8-7-9-11-17)27(24,25)19-14-16(3)12-13-18(19)26-4/h7-14H,5-6,15H2,1-4H3. The van der Waals surface area contributed by atoms with Crippen molar-refractivity contribution in [1.82, 2.24) is 4.90 Å². The lowest BCUT2D eigenvalue weighted by Crippen LogP contribution is -2.43. The summed E-state index contributed by atoms with van der Waals surface area (Å²) in [5, 5.41) is 0. The molecule has 0 fully saturated rings. The van der Waals surface area contributed by atoms with Crippen LogP contribution in [-0.2, 0) is 14.8 Å². The average Bonchev–Trinajstić information content (AvgIpc) is 2.67. The van der Waals surface area contributed by atoms with Gasteiger partial charge in [0.05, 0.1) is 12.8 Å². The Bertz CT molecular complexity index is 878. The first-order valence-corrected chi connectivity index (χ1v) is 10.3. The van der Waals surface area contributed by atoms with Gasteiger partial charge >= 0.3 is 0 Å². The highest BCUT2D eigenvalue weighted by atomic mass is 32.2. The van der Waals surface area contributed by atoms with E-state index in [0.717, 1.165) is 9.87 Å². The van der Waals surface area contributed by atoms with Crippen molar-refractivity contribution >= 4 is 21.6 Å². The molecule has 0 saturated heterocycles. The number of methoxy groups -OCH3 is 1. The Labute approximate surface area is 161 Å². The molecule has 0 bridgehead atoms. The van der Waals surface area contributed by atoms with Crippen LogP contribution >= 0.6 is 0 Å². The number of carbonyl (C=O) groups is 1. The second-order valence-corrected chi connectivity index (χ2v) is 7.90. The van der Waals surface area contributed by atoms with Crippen molar-refractivity contribution in [2.45, 2.75) is 25.7 Å². The summed E-state index contributed by atoms with van der Waals surface area (Å²) in [6.45, 7) is 6.31. The fourth-order valence-electron chi connectivity index (χ4n) is 2.81. The minimum atomic E-state index is -4.00. The van der Waals surface area contributed by atoms with Gasteiger partial charge in [0.25, 0.3) is 10.0 Å². The number of likely N-dealkylation sites (N-methyl/N-ethyl adjacent to an activating group) is 1. The fourth-order valence-corrected chi connectivity index (χ4v) is 4.47. The van der Waals surface area contributed by atoms with E-state index in [1.165, 1.54) is 7.11 Å². The third-order valence-corrected chi connectivity index (χ3v) is 6.12. The molecule has 2 rings (SSSR count). The number of amides is 1. The van der Waals surface area contributed by atoms with Crippen molar-refractivity contribution in [3.8, 4) is 5.75 Å². The fraction of sp³-hybridized carbons (Fsp3) is 0.350. The maximum atomic E-state index is 13.5. The summed E-state index contributed by atoms with van der Waals surface area (Å²) in [5.74, 6) is -0.00383. The Morgan fingerprint density at radius 2 is 1.67 bits per heavy atom. The summed E-state index contributed by atoms with van der Waals surface area (Å²) < 4.78 is 33.4. The highest BCUT2D eigenvalue weighted by Crippen LogP contribution is 2.30. The van der Waals surface area contributed by atoms with Gasteiger partial charge in [-0.2, -0.15) is 0 Å². The summed E-state index contributed by atoms with van der Waals surface area (Å²) in [6, 6.07) is 13.6. The molecule has 0 aliphatic rings. The number of nitrogens with zero attached hydrogens (tertiary/aromatic N) is 2. The van der Waals surface area contributed by atoms with Gasteiger partial charge < -0.3 is 9.64 Å². The van der Waals surface area contributed by atoms with Crippen molar-refractivity contribution in [3.63, 3.8) is 0 Å². The smallest absolute Gasteiger partial charge is 0.268 e. The first kappa shape index (κ1) is 20.8. The van der Waals surface area contributed by atoms with Crippen LogP contribution in [0.25, 0.3) is 0 Å². The van der Waals surface area contributed by atoms with Crippen LogP contribution in [0.2, 0.25) is 0 Å². The first-order chi connectivity index (χ1) is 12.8. The Kier molecular flexibility index (Phi) is 6.85. The second-order valence-electron chi connectivity index (χ2n) is 6.07. The summed E-state index contributed by atoms with van der Waals surface area (Å²) in [6.07, 6.45) is 0. The van der Waals surface area contributed by atoms with E-state index < -0.39 is 10.0 Å². The first-order valence-electron chi connectivity index (χ1n) is 8.85. The normalized spacial score (nSPS) is 11.1. The summed E-state index contributed by atoms with van der Waals surface area (Å²) in [7, 11) is -2.58. The zero-order valence-corrected chi connectivity index (χ0v) is 17.0. The van der Waals surface area contributed by atoms with E-state index in [-0.39, 0.29) is 23.1 Å². The van der Waals surface area contributed by atoms with Gasteiger partial charge in [0.2, 0.25) is 5.91 Å². The molecular weight excluding hydrogens is 364 g/mol. The van der Waals surface area contributed by atoms with Crippen LogP contribution in [0.3, 0.4) is 0 Å². The number of hydrogen-bond donors (Lipinski definition) is 0. The molecule has 7 heteroatoms. The molecule has 0 aliphatic heterocycles. The highest BCUT2D eigenvalue weighted by Gasteiger charge is 2.31. The zero-order chi connectivity index (χ0) is 20.0. The number of rotatable bonds is 8. The number of sulfonamides is 1. The van der Waals surface area contributed by atoms with E-state index in [4.69, 9.17) is 4.74 Å². The van der Waals surface area contributed by atoms with Gasteiger partial charge in [0, 0.05) is 13.1 Å². The highest BCUT2D eigenvalue weighted by molar-refractivity contribution is 7.93. The molecule has 2 aromatic rings. The minimum absolute atomic E-state index is 0.0428. The van der Waals surface area contributed by atoms with Gasteiger partial charge in [-0.1, -0.05) is 24.3 Å². The number of aryl methyl sites for hydroxylation is 1. The topological polar surface area (TPSA) is 66.9 Å². The molecule has 1 amide bonds. The van der Waals surface area contributed by atoms with Crippen LogP contribution in [0.5, 0.6) is 5.75 Å². The second kappa shape index (κ2) is 8.90. The molecule has 0 saturated carbocycles. The van der Waals surface area contributed by atoms with Gasteiger partial charge in [0.15, 0.2) is 0 Å². The summed E-state index contributed by atoms with van der Waals surface area (Å²) in [4.78, 5) is 14.3. The molecule has 0 N–H and O–H groups in total. The van der Waals surface area contributed by atoms with Crippen molar-refractivity contribution in [2.24, 2.45) is 0 Å². The van der Waals surface area contributed by atoms with Gasteiger partial charge in [-0.05, 0) is 50.6 Å². The molecule has 0 spiro atoms. The van der Waals surface area contributed by atoms with E-state index in [0.29, 0.717) is 18.8 Å². The third-order valence-electron chi connectivity index (χ3n) is 4.33. The molecule has 27 heavy (non-hydrogen) atoms. The molecule has 2 aromatic carbocycles. The lowest BCUT2D eigenvalue weighted by atomic mass is 10.2. The third kappa shape index (κ3) is 4.60. The molecule has 0 atom stereocenters. The van der Waals surface area contributed by atoms with Crippen LogP contribution in [0.1, 0.15) is 19.4 Å². The van der Waals surface area contributed by atoms with E-state index in [1.807, 2.05) is 20.8 Å². The van der Waals surface area contributed by atoms with E-state index >= 15 is 0 Å². The van der Waals surface area contributed by atoms with Crippen LogP contribution in [-0.4, -0.2) is 46.0 Å². The molecule has 0 heterocycles. The van der Waals surface area contributed by atoms with Crippen LogP contribution in [0, 0.1) is 6.92 Å². The Hall–Kier alpha value is -2.54. The van der Waals surface area contributed by atoms with Crippen molar-refractivity contribution < 1.29 is 17.9 Å². The average molecular weight is 391 g/mol. The van der Waals surface area contributed by atoms with Crippen LogP contribution in [0.4, 0.5) is 5.69 Å². The lowest BCUT2D eigenvalue weighted by Gasteiger charge is -2.28. The molecule has 0 radical (unpaired) electrons. The van der Waals surface area contributed by atoms with Crippen LogP contribution in [0.15, 0.2) is 53.4 Å². The number of carbonyl (C=O) groups excluding carboxylic acids is 1. The van der Waals surface area contributed by atoms with Gasteiger partial charge in [-0.3, -0.25) is 9.10 Å². The van der Waals surface area contributed by atoms with Gasteiger partial charge in [-0.25, -0.2) is 8.42 Å². The van der Waals surface area contributed by atoms with E-state index in [1.54, 1.807) is 53.4 Å². The monoisotopic (exact) mass is 390 g/mol. The molecule has 6 nitrogen and oxygen atoms in total. The largest absolute Gasteiger partial charge is 0.495 e.